The zero-order valence-electron chi connectivity index (χ0n) is 24.5. The number of aryl methyl sites for hydroxylation is 4. The molecule has 0 unspecified atom stereocenters. The normalized spacial score (nSPS) is 10.7. The number of ketones is 1. The summed E-state index contributed by atoms with van der Waals surface area (Å²) in [5.41, 5.74) is 3.82. The SMILES string of the molecule is CC(=O)c1nc(Br)cn1C.CCc1oc2ccccc2c1-c1cn(C)c(C=O)n1.CCc1oc2ccccc2c1B(O)O. The number of halogens is 1. The van der Waals surface area contributed by atoms with E-state index in [1.807, 2.05) is 75.6 Å². The maximum atomic E-state index is 10.9. The number of carbonyl (C=O) groups is 2. The molecule has 10 nitrogen and oxygen atoms in total. The van der Waals surface area contributed by atoms with Gasteiger partial charge in [-0.15, -0.1) is 0 Å². The Kier molecular flexibility index (Phi) is 10.2. The zero-order valence-corrected chi connectivity index (χ0v) is 26.1. The van der Waals surface area contributed by atoms with Gasteiger partial charge in [-0.2, -0.15) is 0 Å². The van der Waals surface area contributed by atoms with Crippen LogP contribution in [0.4, 0.5) is 0 Å². The Balaban J connectivity index is 0.000000156. The summed E-state index contributed by atoms with van der Waals surface area (Å²) in [6.07, 6.45) is 5.81. The second-order valence-corrected chi connectivity index (χ2v) is 10.5. The van der Waals surface area contributed by atoms with Gasteiger partial charge in [-0.25, -0.2) is 9.97 Å². The van der Waals surface area contributed by atoms with Crippen LogP contribution < -0.4 is 5.46 Å². The molecule has 4 aromatic heterocycles. The van der Waals surface area contributed by atoms with Gasteiger partial charge in [-0.1, -0.05) is 50.2 Å². The summed E-state index contributed by atoms with van der Waals surface area (Å²) < 4.78 is 15.4. The molecule has 0 bridgehead atoms. The molecular weight excluding hydrogens is 615 g/mol. The van der Waals surface area contributed by atoms with Crippen molar-refractivity contribution in [2.24, 2.45) is 14.1 Å². The maximum Gasteiger partial charge on any atom is 0.492 e. The minimum atomic E-state index is -1.46. The van der Waals surface area contributed by atoms with E-state index >= 15 is 0 Å². The highest BCUT2D eigenvalue weighted by Crippen LogP contribution is 2.34. The fraction of sp³-hybridized carbons (Fsp3) is 0.226. The summed E-state index contributed by atoms with van der Waals surface area (Å²) in [5.74, 6) is 2.42. The second-order valence-electron chi connectivity index (χ2n) is 9.68. The van der Waals surface area contributed by atoms with Crippen molar-refractivity contribution in [1.29, 1.82) is 0 Å². The predicted octanol–water partition coefficient (Wildman–Crippen LogP) is 5.27. The number of rotatable bonds is 6. The molecule has 12 heteroatoms. The second kappa shape index (κ2) is 13.8. The number of aldehydes is 1. The van der Waals surface area contributed by atoms with Crippen LogP contribution in [0, 0.1) is 0 Å². The van der Waals surface area contributed by atoms with Gasteiger partial charge in [0.1, 0.15) is 27.3 Å². The van der Waals surface area contributed by atoms with Crippen LogP contribution in [0.15, 0.2) is 74.4 Å². The van der Waals surface area contributed by atoms with E-state index in [1.165, 1.54) is 6.92 Å². The van der Waals surface area contributed by atoms with Crippen molar-refractivity contribution in [3.63, 3.8) is 0 Å². The lowest BCUT2D eigenvalue weighted by atomic mass is 9.77. The molecule has 6 aromatic rings. The van der Waals surface area contributed by atoms with E-state index in [1.54, 1.807) is 22.4 Å². The Morgan fingerprint density at radius 2 is 1.49 bits per heavy atom. The molecule has 0 aliphatic heterocycles. The minimum absolute atomic E-state index is 0.0202. The molecule has 2 aromatic carbocycles. The number of fused-ring (bicyclic) bond motifs is 2. The van der Waals surface area contributed by atoms with Crippen LogP contribution in [0.2, 0.25) is 0 Å². The van der Waals surface area contributed by atoms with Crippen LogP contribution in [-0.4, -0.2) is 48.3 Å². The van der Waals surface area contributed by atoms with Crippen molar-refractivity contribution < 1.29 is 28.5 Å². The first-order chi connectivity index (χ1) is 20.6. The number of aromatic nitrogens is 4. The van der Waals surface area contributed by atoms with Crippen molar-refractivity contribution in [2.75, 3.05) is 0 Å². The summed E-state index contributed by atoms with van der Waals surface area (Å²) in [6, 6.07) is 15.2. The fourth-order valence-corrected chi connectivity index (χ4v) is 5.23. The molecule has 43 heavy (non-hydrogen) atoms. The predicted molar refractivity (Wildman–Crippen MR) is 170 cm³/mol. The third kappa shape index (κ3) is 6.88. The van der Waals surface area contributed by atoms with Crippen molar-refractivity contribution in [1.82, 2.24) is 19.1 Å². The average Bonchev–Trinajstić information content (AvgIpc) is 3.74. The molecule has 4 heterocycles. The Labute approximate surface area is 257 Å². The van der Waals surface area contributed by atoms with E-state index in [4.69, 9.17) is 8.83 Å². The van der Waals surface area contributed by atoms with Gasteiger partial charge in [0.25, 0.3) is 0 Å². The number of imidazole rings is 2. The first kappa shape index (κ1) is 31.7. The molecule has 0 radical (unpaired) electrons. The highest BCUT2D eigenvalue weighted by molar-refractivity contribution is 9.10. The molecule has 0 aliphatic carbocycles. The molecule has 0 spiro atoms. The van der Waals surface area contributed by atoms with Gasteiger partial charge in [-0.05, 0) is 28.1 Å². The number of furan rings is 2. The van der Waals surface area contributed by atoms with Gasteiger partial charge in [0.15, 0.2) is 23.7 Å². The van der Waals surface area contributed by atoms with Crippen molar-refractivity contribution in [2.45, 2.75) is 33.6 Å². The lowest BCUT2D eigenvalue weighted by molar-refractivity contribution is 0.1000. The molecule has 6 rings (SSSR count). The van der Waals surface area contributed by atoms with E-state index < -0.39 is 7.12 Å². The van der Waals surface area contributed by atoms with Gasteiger partial charge in [0.05, 0.1) is 11.3 Å². The van der Waals surface area contributed by atoms with E-state index in [9.17, 15) is 19.6 Å². The summed E-state index contributed by atoms with van der Waals surface area (Å²) in [5, 5.41) is 20.3. The van der Waals surface area contributed by atoms with Crippen LogP contribution in [0.5, 0.6) is 0 Å². The summed E-state index contributed by atoms with van der Waals surface area (Å²) in [6.45, 7) is 5.46. The fourth-order valence-electron chi connectivity index (χ4n) is 4.76. The Morgan fingerprint density at radius 3 is 1.98 bits per heavy atom. The van der Waals surface area contributed by atoms with Gasteiger partial charge in [-0.3, -0.25) is 9.59 Å². The smallest absolute Gasteiger partial charge is 0.461 e. The molecule has 0 aliphatic rings. The van der Waals surface area contributed by atoms with Crippen LogP contribution >= 0.6 is 15.9 Å². The van der Waals surface area contributed by atoms with Crippen LogP contribution in [0.25, 0.3) is 33.2 Å². The van der Waals surface area contributed by atoms with Crippen LogP contribution in [0.1, 0.15) is 53.5 Å². The average molecular weight is 647 g/mol. The van der Waals surface area contributed by atoms with Gasteiger partial charge < -0.3 is 28.0 Å². The quantitative estimate of drug-likeness (QED) is 0.142. The Morgan fingerprint density at radius 1 is 0.907 bits per heavy atom. The third-order valence-corrected chi connectivity index (χ3v) is 7.10. The van der Waals surface area contributed by atoms with Crippen molar-refractivity contribution in [3.8, 4) is 11.3 Å². The standard InChI is InChI=1S/C15H14N2O2.C10H11BO3.C6H7BrN2O/c1-3-12-15(10-6-4-5-7-13(10)19-12)11-8-17(2)14(9-18)16-11;1-2-8-10(11(12)13)7-5-3-4-6-9(7)14-8;1-4(10)6-8-5(7)3-9(6)2/h4-9H,3H2,1-2H3;3-6,12-13H,2H2,1H3;3H,1-2H3. The minimum Gasteiger partial charge on any atom is -0.461 e. The Hall–Kier alpha value is -4.26. The maximum absolute atomic E-state index is 10.9. The Bertz CT molecular complexity index is 1880. The summed E-state index contributed by atoms with van der Waals surface area (Å²) in [7, 11) is 2.14. The first-order valence-electron chi connectivity index (χ1n) is 13.6. The number of Topliss-reactive ketones (excluding diaryl/α,β-unsaturated/α-hetero) is 1. The largest absolute Gasteiger partial charge is 0.492 e. The first-order valence-corrected chi connectivity index (χ1v) is 14.4. The monoisotopic (exact) mass is 646 g/mol. The number of hydrogen-bond acceptors (Lipinski definition) is 8. The molecule has 0 saturated carbocycles. The number of nitrogens with zero attached hydrogens (tertiary/aromatic N) is 4. The molecular formula is C31H32BBrN4O6. The number of hydrogen-bond donors (Lipinski definition) is 2. The highest BCUT2D eigenvalue weighted by atomic mass is 79.9. The van der Waals surface area contributed by atoms with Crippen molar-refractivity contribution >= 4 is 62.5 Å². The number of benzene rings is 2. The third-order valence-electron chi connectivity index (χ3n) is 6.72. The van der Waals surface area contributed by atoms with Gasteiger partial charge in [0.2, 0.25) is 0 Å². The van der Waals surface area contributed by atoms with Gasteiger partial charge >= 0.3 is 7.12 Å². The molecule has 0 fully saturated rings. The van der Waals surface area contributed by atoms with E-state index in [2.05, 4.69) is 25.9 Å². The van der Waals surface area contributed by atoms with E-state index in [0.717, 1.165) is 46.1 Å². The molecule has 222 valence electrons. The number of carbonyl (C=O) groups excluding carboxylic acids is 2. The lowest BCUT2D eigenvalue weighted by Crippen LogP contribution is -2.31. The van der Waals surface area contributed by atoms with E-state index in [-0.39, 0.29) is 5.78 Å². The summed E-state index contributed by atoms with van der Waals surface area (Å²) in [4.78, 5) is 30.0. The lowest BCUT2D eigenvalue weighted by Gasteiger charge is -1.97. The molecule has 0 atom stereocenters. The van der Waals surface area contributed by atoms with E-state index in [0.29, 0.717) is 39.5 Å². The van der Waals surface area contributed by atoms with Crippen LogP contribution in [-0.2, 0) is 26.9 Å². The summed E-state index contributed by atoms with van der Waals surface area (Å²) >= 11 is 3.17. The van der Waals surface area contributed by atoms with Crippen LogP contribution in [0.3, 0.4) is 0 Å². The molecule has 2 N–H and O–H groups in total. The van der Waals surface area contributed by atoms with Gasteiger partial charge in [0, 0.05) is 62.5 Å². The molecule has 0 saturated heterocycles. The zero-order chi connectivity index (χ0) is 31.3. The molecule has 0 amide bonds. The highest BCUT2D eigenvalue weighted by Gasteiger charge is 2.22. The van der Waals surface area contributed by atoms with Crippen molar-refractivity contribution in [3.05, 3.63) is 88.7 Å². The number of para-hydroxylation sites is 2. The topological polar surface area (TPSA) is 137 Å².